The number of para-hydroxylation sites is 1. The summed E-state index contributed by atoms with van der Waals surface area (Å²) in [4.78, 5) is 6.51. The van der Waals surface area contributed by atoms with Gasteiger partial charge in [0.25, 0.3) is 0 Å². The molecule has 0 aromatic heterocycles. The second-order valence-corrected chi connectivity index (χ2v) is 7.11. The minimum Gasteiger partial charge on any atom is -0.493 e. The predicted molar refractivity (Wildman–Crippen MR) is 142 cm³/mol. The molecule has 176 valence electrons. The third-order valence-corrected chi connectivity index (χ3v) is 4.88. The summed E-state index contributed by atoms with van der Waals surface area (Å²) >= 11 is 0. The van der Waals surface area contributed by atoms with Crippen LogP contribution in [0.5, 0.6) is 17.2 Å². The van der Waals surface area contributed by atoms with Gasteiger partial charge in [-0.05, 0) is 37.9 Å². The van der Waals surface area contributed by atoms with E-state index in [1.807, 2.05) is 50.5 Å². The van der Waals surface area contributed by atoms with Crippen LogP contribution in [-0.4, -0.2) is 59.4 Å². The average Bonchev–Trinajstić information content (AvgIpc) is 2.79. The number of hydrogen-bond donors (Lipinski definition) is 2. The maximum absolute atomic E-state index is 5.73. The van der Waals surface area contributed by atoms with Gasteiger partial charge in [-0.1, -0.05) is 36.9 Å². The summed E-state index contributed by atoms with van der Waals surface area (Å²) < 4.78 is 16.6. The first-order valence-corrected chi connectivity index (χ1v) is 10.2. The zero-order chi connectivity index (χ0) is 22.6. The summed E-state index contributed by atoms with van der Waals surface area (Å²) in [6.45, 7) is 5.43. The molecule has 0 spiro atoms. The highest BCUT2D eigenvalue weighted by Crippen LogP contribution is 2.31. The van der Waals surface area contributed by atoms with Gasteiger partial charge >= 0.3 is 0 Å². The highest BCUT2D eigenvalue weighted by atomic mass is 127. The molecule has 2 aromatic rings. The first-order chi connectivity index (χ1) is 15.0. The Labute approximate surface area is 208 Å². The van der Waals surface area contributed by atoms with Gasteiger partial charge in [0.15, 0.2) is 17.5 Å². The number of nitrogens with zero attached hydrogens (tertiary/aromatic N) is 2. The summed E-state index contributed by atoms with van der Waals surface area (Å²) in [6.07, 6.45) is 1.74. The van der Waals surface area contributed by atoms with Gasteiger partial charge in [0.05, 0.1) is 20.3 Å². The molecule has 2 rings (SSSR count). The molecule has 0 amide bonds. The van der Waals surface area contributed by atoms with Crippen molar-refractivity contribution in [2.75, 3.05) is 48.5 Å². The second kappa shape index (κ2) is 14.6. The number of guanidine groups is 1. The van der Waals surface area contributed by atoms with E-state index in [0.717, 1.165) is 16.9 Å². The number of hydrogen-bond acceptors (Lipinski definition) is 5. The van der Waals surface area contributed by atoms with Crippen molar-refractivity contribution in [2.24, 2.45) is 4.99 Å². The molecule has 8 heteroatoms. The van der Waals surface area contributed by atoms with E-state index in [1.165, 1.54) is 0 Å². The zero-order valence-electron chi connectivity index (χ0n) is 19.6. The van der Waals surface area contributed by atoms with Crippen LogP contribution in [0.1, 0.15) is 17.2 Å². The number of nitrogens with one attached hydrogen (secondary N) is 2. The summed E-state index contributed by atoms with van der Waals surface area (Å²) in [5.41, 5.74) is 2.17. The molecule has 0 aliphatic carbocycles. The van der Waals surface area contributed by atoms with E-state index in [2.05, 4.69) is 33.2 Å². The molecule has 0 radical (unpaired) electrons. The standard InChI is InChI=1S/C24H34N4O3.HI/c1-7-14-31-21-11-9-8-10-19(21)16-26-24(25-2)27-17-20(28(3)4)18-12-13-22(29-5)23(15-18)30-6;/h7-13,15,20H,1,14,16-17H2,2-6H3,(H2,25,26,27);1H. The van der Waals surface area contributed by atoms with Crippen molar-refractivity contribution in [3.63, 3.8) is 0 Å². The van der Waals surface area contributed by atoms with E-state index in [9.17, 15) is 0 Å². The smallest absolute Gasteiger partial charge is 0.191 e. The van der Waals surface area contributed by atoms with Crippen LogP contribution in [0.3, 0.4) is 0 Å². The highest BCUT2D eigenvalue weighted by Gasteiger charge is 2.17. The number of aliphatic imine (C=N–C) groups is 1. The largest absolute Gasteiger partial charge is 0.493 e. The molecule has 1 unspecified atom stereocenters. The summed E-state index contributed by atoms with van der Waals surface area (Å²) in [5.74, 6) is 2.98. The Balaban J connectivity index is 0.00000512. The lowest BCUT2D eigenvalue weighted by Gasteiger charge is -2.26. The van der Waals surface area contributed by atoms with Crippen molar-refractivity contribution >= 4 is 29.9 Å². The van der Waals surface area contributed by atoms with Crippen LogP contribution in [0.4, 0.5) is 0 Å². The van der Waals surface area contributed by atoms with Crippen molar-refractivity contribution in [1.29, 1.82) is 0 Å². The number of rotatable bonds is 11. The summed E-state index contributed by atoms with van der Waals surface area (Å²) in [6, 6.07) is 14.0. The Bertz CT molecular complexity index is 874. The molecule has 0 bridgehead atoms. The molecule has 2 N–H and O–H groups in total. The molecule has 1 atom stereocenters. The molecule has 2 aromatic carbocycles. The SMILES string of the molecule is C=CCOc1ccccc1CNC(=NC)NCC(c1ccc(OC)c(OC)c1)N(C)C.I. The molecule has 0 saturated carbocycles. The number of ether oxygens (including phenoxy) is 3. The minimum atomic E-state index is 0. The van der Waals surface area contributed by atoms with Gasteiger partial charge in [-0.2, -0.15) is 0 Å². The van der Waals surface area contributed by atoms with Crippen LogP contribution < -0.4 is 24.8 Å². The van der Waals surface area contributed by atoms with E-state index in [0.29, 0.717) is 37.2 Å². The van der Waals surface area contributed by atoms with Crippen LogP contribution in [0.2, 0.25) is 0 Å². The van der Waals surface area contributed by atoms with E-state index in [4.69, 9.17) is 14.2 Å². The molecule has 0 aliphatic heterocycles. The molecule has 32 heavy (non-hydrogen) atoms. The molecule has 7 nitrogen and oxygen atoms in total. The van der Waals surface area contributed by atoms with Gasteiger partial charge < -0.3 is 29.7 Å². The molecule has 0 saturated heterocycles. The van der Waals surface area contributed by atoms with Crippen molar-refractivity contribution in [1.82, 2.24) is 15.5 Å². The van der Waals surface area contributed by atoms with E-state index < -0.39 is 0 Å². The molecule has 0 aliphatic rings. The predicted octanol–water partition coefficient (Wildman–Crippen LogP) is 3.85. The van der Waals surface area contributed by atoms with Crippen molar-refractivity contribution in [3.8, 4) is 17.2 Å². The first-order valence-electron chi connectivity index (χ1n) is 10.2. The fraction of sp³-hybridized carbons (Fsp3) is 0.375. The molecule has 0 heterocycles. The monoisotopic (exact) mass is 554 g/mol. The lowest BCUT2D eigenvalue weighted by atomic mass is 10.1. The third-order valence-electron chi connectivity index (χ3n) is 4.88. The molecular formula is C24H35IN4O3. The summed E-state index contributed by atoms with van der Waals surface area (Å²) in [5, 5.41) is 6.78. The average molecular weight is 554 g/mol. The normalized spacial score (nSPS) is 11.9. The third kappa shape index (κ3) is 7.90. The Kier molecular flexibility index (Phi) is 12.6. The van der Waals surface area contributed by atoms with Crippen molar-refractivity contribution in [2.45, 2.75) is 12.6 Å². The molecular weight excluding hydrogens is 519 g/mol. The van der Waals surface area contributed by atoms with E-state index in [-0.39, 0.29) is 30.0 Å². The van der Waals surface area contributed by atoms with E-state index >= 15 is 0 Å². The topological polar surface area (TPSA) is 67.3 Å². The Morgan fingerprint density at radius 1 is 1.06 bits per heavy atom. The maximum atomic E-state index is 5.73. The lowest BCUT2D eigenvalue weighted by molar-refractivity contribution is 0.295. The fourth-order valence-corrected chi connectivity index (χ4v) is 3.19. The van der Waals surface area contributed by atoms with Crippen LogP contribution in [0.15, 0.2) is 60.1 Å². The van der Waals surface area contributed by atoms with Crippen molar-refractivity contribution in [3.05, 3.63) is 66.2 Å². The van der Waals surface area contributed by atoms with Crippen molar-refractivity contribution < 1.29 is 14.2 Å². The summed E-state index contributed by atoms with van der Waals surface area (Å²) in [7, 11) is 9.14. The number of halogens is 1. The Morgan fingerprint density at radius 3 is 2.41 bits per heavy atom. The number of benzene rings is 2. The van der Waals surface area contributed by atoms with Crippen LogP contribution in [0.25, 0.3) is 0 Å². The first kappa shape index (κ1) is 27.6. The number of likely N-dealkylation sites (N-methyl/N-ethyl adjacent to an activating group) is 1. The quantitative estimate of drug-likeness (QED) is 0.191. The highest BCUT2D eigenvalue weighted by molar-refractivity contribution is 14.0. The maximum Gasteiger partial charge on any atom is 0.191 e. The van der Waals surface area contributed by atoms with Crippen LogP contribution in [-0.2, 0) is 6.54 Å². The van der Waals surface area contributed by atoms with Gasteiger partial charge in [0.1, 0.15) is 12.4 Å². The van der Waals surface area contributed by atoms with Gasteiger partial charge in [-0.3, -0.25) is 4.99 Å². The zero-order valence-corrected chi connectivity index (χ0v) is 21.9. The lowest BCUT2D eigenvalue weighted by Crippen LogP contribution is -2.41. The Hall–Kier alpha value is -2.46. The molecule has 0 fully saturated rings. The minimum absolute atomic E-state index is 0. The van der Waals surface area contributed by atoms with Crippen LogP contribution >= 0.6 is 24.0 Å². The Morgan fingerprint density at radius 2 is 1.78 bits per heavy atom. The van der Waals surface area contributed by atoms with E-state index in [1.54, 1.807) is 27.3 Å². The fourth-order valence-electron chi connectivity index (χ4n) is 3.19. The van der Waals surface area contributed by atoms with Gasteiger partial charge in [-0.15, -0.1) is 24.0 Å². The second-order valence-electron chi connectivity index (χ2n) is 7.11. The van der Waals surface area contributed by atoms with Gasteiger partial charge in [-0.25, -0.2) is 0 Å². The van der Waals surface area contributed by atoms with Crippen LogP contribution in [0, 0.1) is 0 Å². The van der Waals surface area contributed by atoms with Gasteiger partial charge in [0, 0.05) is 25.7 Å². The number of methoxy groups -OCH3 is 2. The van der Waals surface area contributed by atoms with Gasteiger partial charge in [0.2, 0.25) is 0 Å².